The lowest BCUT2D eigenvalue weighted by Crippen LogP contribution is -2.09. The molecule has 0 spiro atoms. The molecular weight excluding hydrogens is 168 g/mol. The van der Waals surface area contributed by atoms with Crippen LogP contribution in [0.2, 0.25) is 0 Å². The summed E-state index contributed by atoms with van der Waals surface area (Å²) >= 11 is 0. The molecule has 0 unspecified atom stereocenters. The van der Waals surface area contributed by atoms with E-state index in [2.05, 4.69) is 0 Å². The van der Waals surface area contributed by atoms with Crippen LogP contribution < -0.4 is 10.6 Å². The summed E-state index contributed by atoms with van der Waals surface area (Å²) in [5.74, 6) is -0.0845. The summed E-state index contributed by atoms with van der Waals surface area (Å²) < 4.78 is 0. The fraction of sp³-hybridized carbons (Fsp3) is 0.222. The van der Waals surface area contributed by atoms with E-state index in [-0.39, 0.29) is 11.3 Å². The van der Waals surface area contributed by atoms with E-state index in [1.165, 1.54) is 6.07 Å². The molecule has 0 amide bonds. The molecule has 4 heteroatoms. The second-order valence-corrected chi connectivity index (χ2v) is 2.98. The molecule has 0 bridgehead atoms. The van der Waals surface area contributed by atoms with Gasteiger partial charge in [-0.1, -0.05) is 0 Å². The maximum Gasteiger partial charge on any atom is 0.155 e. The molecule has 0 fully saturated rings. The Kier molecular flexibility index (Phi) is 2.41. The molecule has 1 aromatic rings. The number of nitrogen functional groups attached to an aromatic ring is 1. The van der Waals surface area contributed by atoms with E-state index in [9.17, 15) is 9.90 Å². The van der Waals surface area contributed by atoms with Gasteiger partial charge in [-0.2, -0.15) is 0 Å². The Hall–Kier alpha value is -1.71. The molecule has 0 radical (unpaired) electrons. The SMILES string of the molecule is CN(C)c1cc(N)c(C=O)c(O)c1. The van der Waals surface area contributed by atoms with Gasteiger partial charge in [-0.05, 0) is 6.07 Å². The number of benzene rings is 1. The third-order valence-electron chi connectivity index (χ3n) is 1.81. The topological polar surface area (TPSA) is 66.6 Å². The minimum Gasteiger partial charge on any atom is -0.507 e. The summed E-state index contributed by atoms with van der Waals surface area (Å²) in [6.07, 6.45) is 0.546. The molecule has 0 aliphatic rings. The van der Waals surface area contributed by atoms with Gasteiger partial charge in [-0.15, -0.1) is 0 Å². The van der Waals surface area contributed by atoms with Crippen molar-refractivity contribution < 1.29 is 9.90 Å². The van der Waals surface area contributed by atoms with E-state index >= 15 is 0 Å². The first-order valence-electron chi connectivity index (χ1n) is 3.81. The van der Waals surface area contributed by atoms with E-state index in [0.29, 0.717) is 12.0 Å². The van der Waals surface area contributed by atoms with Crippen LogP contribution in [0.3, 0.4) is 0 Å². The van der Waals surface area contributed by atoms with Crippen molar-refractivity contribution >= 4 is 17.7 Å². The third kappa shape index (κ3) is 1.72. The van der Waals surface area contributed by atoms with Crippen LogP contribution in [0.15, 0.2) is 12.1 Å². The number of aldehydes is 1. The molecule has 0 atom stereocenters. The molecule has 0 heterocycles. The maximum absolute atomic E-state index is 10.5. The predicted molar refractivity (Wildman–Crippen MR) is 52.2 cm³/mol. The van der Waals surface area contributed by atoms with Gasteiger partial charge in [-0.25, -0.2) is 0 Å². The average molecular weight is 180 g/mol. The van der Waals surface area contributed by atoms with Crippen molar-refractivity contribution in [2.45, 2.75) is 0 Å². The Morgan fingerprint density at radius 3 is 2.46 bits per heavy atom. The van der Waals surface area contributed by atoms with Crippen LogP contribution in [-0.2, 0) is 0 Å². The van der Waals surface area contributed by atoms with Crippen molar-refractivity contribution in [1.82, 2.24) is 0 Å². The molecule has 1 aromatic carbocycles. The first-order valence-corrected chi connectivity index (χ1v) is 3.81. The van der Waals surface area contributed by atoms with Gasteiger partial charge in [0.05, 0.1) is 5.56 Å². The highest BCUT2D eigenvalue weighted by Gasteiger charge is 2.07. The van der Waals surface area contributed by atoms with Crippen molar-refractivity contribution in [3.05, 3.63) is 17.7 Å². The normalized spacial score (nSPS) is 9.69. The summed E-state index contributed by atoms with van der Waals surface area (Å²) in [4.78, 5) is 12.3. The fourth-order valence-corrected chi connectivity index (χ4v) is 1.03. The van der Waals surface area contributed by atoms with Gasteiger partial charge in [0.25, 0.3) is 0 Å². The van der Waals surface area contributed by atoms with Gasteiger partial charge in [0.1, 0.15) is 5.75 Å². The molecule has 0 aliphatic carbocycles. The molecule has 13 heavy (non-hydrogen) atoms. The van der Waals surface area contributed by atoms with Gasteiger partial charge >= 0.3 is 0 Å². The number of carbonyl (C=O) groups excluding carboxylic acids is 1. The minimum absolute atomic E-state index is 0.0845. The molecule has 0 saturated heterocycles. The van der Waals surface area contributed by atoms with Gasteiger partial charge < -0.3 is 15.7 Å². The second-order valence-electron chi connectivity index (χ2n) is 2.98. The number of rotatable bonds is 2. The van der Waals surface area contributed by atoms with Crippen LogP contribution in [0.1, 0.15) is 10.4 Å². The van der Waals surface area contributed by atoms with Crippen molar-refractivity contribution in [3.8, 4) is 5.75 Å². The Balaban J connectivity index is 3.28. The number of aromatic hydroxyl groups is 1. The van der Waals surface area contributed by atoms with Gasteiger partial charge in [0.2, 0.25) is 0 Å². The summed E-state index contributed by atoms with van der Waals surface area (Å²) in [5.41, 5.74) is 6.75. The molecule has 0 aliphatic heterocycles. The van der Waals surface area contributed by atoms with Crippen molar-refractivity contribution in [3.63, 3.8) is 0 Å². The first-order chi connectivity index (χ1) is 6.06. The van der Waals surface area contributed by atoms with Crippen LogP contribution in [0.25, 0.3) is 0 Å². The van der Waals surface area contributed by atoms with Crippen LogP contribution in [-0.4, -0.2) is 25.5 Å². The average Bonchev–Trinajstić information content (AvgIpc) is 2.03. The van der Waals surface area contributed by atoms with Gasteiger partial charge in [-0.3, -0.25) is 4.79 Å². The van der Waals surface area contributed by atoms with Crippen molar-refractivity contribution in [2.24, 2.45) is 0 Å². The smallest absolute Gasteiger partial charge is 0.155 e. The highest BCUT2D eigenvalue weighted by Crippen LogP contribution is 2.27. The Morgan fingerprint density at radius 1 is 1.46 bits per heavy atom. The highest BCUT2D eigenvalue weighted by molar-refractivity contribution is 5.89. The molecule has 3 N–H and O–H groups in total. The molecule has 70 valence electrons. The van der Waals surface area contributed by atoms with Gasteiger partial charge in [0.15, 0.2) is 6.29 Å². The van der Waals surface area contributed by atoms with E-state index in [1.54, 1.807) is 11.0 Å². The highest BCUT2D eigenvalue weighted by atomic mass is 16.3. The Labute approximate surface area is 76.6 Å². The minimum atomic E-state index is -0.0845. The maximum atomic E-state index is 10.5. The standard InChI is InChI=1S/C9H12N2O2/c1-11(2)6-3-8(10)7(5-12)9(13)4-6/h3-5,13H,10H2,1-2H3. The van der Waals surface area contributed by atoms with Gasteiger partial charge in [0, 0.05) is 31.5 Å². The number of phenolic OH excluding ortho intramolecular Hbond substituents is 1. The quantitative estimate of drug-likeness (QED) is 0.523. The molecule has 0 aromatic heterocycles. The number of hydrogen-bond acceptors (Lipinski definition) is 4. The van der Waals surface area contributed by atoms with Crippen LogP contribution in [0.5, 0.6) is 5.75 Å². The summed E-state index contributed by atoms with van der Waals surface area (Å²) in [5, 5.41) is 9.38. The number of phenols is 1. The van der Waals surface area contributed by atoms with E-state index in [4.69, 9.17) is 5.73 Å². The number of anilines is 2. The predicted octanol–water partition coefficient (Wildman–Crippen LogP) is 0.853. The lowest BCUT2D eigenvalue weighted by atomic mass is 10.1. The van der Waals surface area contributed by atoms with Crippen LogP contribution in [0.4, 0.5) is 11.4 Å². The number of hydrogen-bond donors (Lipinski definition) is 2. The fourth-order valence-electron chi connectivity index (χ4n) is 1.03. The van der Waals surface area contributed by atoms with Crippen molar-refractivity contribution in [2.75, 3.05) is 24.7 Å². The second kappa shape index (κ2) is 3.35. The Bertz CT molecular complexity index is 311. The molecule has 0 saturated carbocycles. The Morgan fingerprint density at radius 2 is 2.08 bits per heavy atom. The zero-order valence-corrected chi connectivity index (χ0v) is 7.61. The zero-order valence-electron chi connectivity index (χ0n) is 7.61. The lowest BCUT2D eigenvalue weighted by Gasteiger charge is -2.14. The van der Waals surface area contributed by atoms with Crippen LogP contribution in [0, 0.1) is 0 Å². The van der Waals surface area contributed by atoms with Crippen molar-refractivity contribution in [1.29, 1.82) is 0 Å². The molecule has 4 nitrogen and oxygen atoms in total. The number of nitrogens with two attached hydrogens (primary N) is 1. The third-order valence-corrected chi connectivity index (χ3v) is 1.81. The summed E-state index contributed by atoms with van der Waals surface area (Å²) in [6.45, 7) is 0. The van der Waals surface area contributed by atoms with Crippen LogP contribution >= 0.6 is 0 Å². The molecular formula is C9H12N2O2. The number of carbonyl (C=O) groups is 1. The largest absolute Gasteiger partial charge is 0.507 e. The summed E-state index contributed by atoms with van der Waals surface area (Å²) in [6, 6.07) is 3.14. The van der Waals surface area contributed by atoms with E-state index in [1.807, 2.05) is 14.1 Å². The van der Waals surface area contributed by atoms with E-state index < -0.39 is 0 Å². The zero-order chi connectivity index (χ0) is 10.0. The summed E-state index contributed by atoms with van der Waals surface area (Å²) in [7, 11) is 3.66. The molecule has 1 rings (SSSR count). The van der Waals surface area contributed by atoms with E-state index in [0.717, 1.165) is 5.69 Å². The lowest BCUT2D eigenvalue weighted by molar-refractivity contribution is 0.112. The number of nitrogens with zero attached hydrogens (tertiary/aromatic N) is 1. The monoisotopic (exact) mass is 180 g/mol. The first kappa shape index (κ1) is 9.38.